The Kier molecular flexibility index (Phi) is 5.59. The van der Waals surface area contributed by atoms with E-state index < -0.39 is 0 Å². The van der Waals surface area contributed by atoms with Crippen molar-refractivity contribution >= 4 is 17.6 Å². The first-order chi connectivity index (χ1) is 8.15. The van der Waals surface area contributed by atoms with Crippen molar-refractivity contribution in [3.63, 3.8) is 0 Å². The number of carbonyl (C=O) groups is 1. The van der Waals surface area contributed by atoms with Crippen molar-refractivity contribution in [2.24, 2.45) is 0 Å². The zero-order valence-corrected chi connectivity index (χ0v) is 10.8. The van der Waals surface area contributed by atoms with E-state index in [1.54, 1.807) is 19.1 Å². The minimum absolute atomic E-state index is 0.249. The number of rotatable bonds is 4. The van der Waals surface area contributed by atoms with Crippen LogP contribution in [0, 0.1) is 11.8 Å². The molecule has 0 saturated heterocycles. The minimum Gasteiger partial charge on any atom is -0.449 e. The van der Waals surface area contributed by atoms with Gasteiger partial charge in [-0.2, -0.15) is 0 Å². The predicted octanol–water partition coefficient (Wildman–Crippen LogP) is 3.23. The monoisotopic (exact) mass is 250 g/mol. The molecular weight excluding hydrogens is 236 g/mol. The van der Waals surface area contributed by atoms with Crippen molar-refractivity contribution in [2.45, 2.75) is 32.8 Å². The molecule has 0 saturated carbocycles. The minimum atomic E-state index is -0.306. The molecule has 17 heavy (non-hydrogen) atoms. The molecule has 1 atom stereocenters. The second-order valence-corrected chi connectivity index (χ2v) is 4.02. The van der Waals surface area contributed by atoms with E-state index in [4.69, 9.17) is 16.3 Å². The van der Waals surface area contributed by atoms with Gasteiger partial charge in [0.2, 0.25) is 0 Å². The number of carbonyl (C=O) groups excluding carboxylic acids is 1. The maximum Gasteiger partial charge on any atom is 0.311 e. The number of benzene rings is 1. The fourth-order valence-electron chi connectivity index (χ4n) is 1.35. The summed E-state index contributed by atoms with van der Waals surface area (Å²) in [5, 5.41) is 0.658. The number of hydrogen-bond donors (Lipinski definition) is 0. The first kappa shape index (κ1) is 13.6. The summed E-state index contributed by atoms with van der Waals surface area (Å²) in [7, 11) is 0. The molecule has 0 aromatic heterocycles. The fraction of sp³-hybridized carbons (Fsp3) is 0.357. The molecular formula is C14H15ClO2. The smallest absolute Gasteiger partial charge is 0.311 e. The summed E-state index contributed by atoms with van der Waals surface area (Å²) in [6.45, 7) is 3.67. The summed E-state index contributed by atoms with van der Waals surface area (Å²) < 4.78 is 5.23. The lowest BCUT2D eigenvalue weighted by atomic mass is 10.1. The summed E-state index contributed by atoms with van der Waals surface area (Å²) >= 11 is 5.76. The molecule has 0 aliphatic heterocycles. The van der Waals surface area contributed by atoms with Crippen LogP contribution in [0.15, 0.2) is 24.3 Å². The van der Waals surface area contributed by atoms with Crippen LogP contribution < -0.4 is 0 Å². The van der Waals surface area contributed by atoms with E-state index in [-0.39, 0.29) is 18.5 Å². The molecule has 0 heterocycles. The van der Waals surface area contributed by atoms with Crippen molar-refractivity contribution in [3.8, 4) is 11.8 Å². The Morgan fingerprint density at radius 1 is 1.41 bits per heavy atom. The van der Waals surface area contributed by atoms with Gasteiger partial charge in [-0.1, -0.05) is 36.6 Å². The Bertz CT molecular complexity index is 426. The summed E-state index contributed by atoms with van der Waals surface area (Å²) in [6, 6.07) is 7.15. The molecule has 0 amide bonds. The Hall–Kier alpha value is -1.46. The second kappa shape index (κ2) is 6.98. The molecule has 90 valence electrons. The van der Waals surface area contributed by atoms with Crippen molar-refractivity contribution in [1.29, 1.82) is 0 Å². The van der Waals surface area contributed by atoms with Crippen LogP contribution in [-0.4, -0.2) is 12.1 Å². The number of esters is 1. The first-order valence-corrected chi connectivity index (χ1v) is 5.89. The fourth-order valence-corrected chi connectivity index (χ4v) is 1.47. The van der Waals surface area contributed by atoms with Crippen LogP contribution in [0.5, 0.6) is 0 Å². The van der Waals surface area contributed by atoms with E-state index in [1.165, 1.54) is 0 Å². The van der Waals surface area contributed by atoms with E-state index in [0.29, 0.717) is 11.4 Å². The average molecular weight is 251 g/mol. The maximum absolute atomic E-state index is 11.6. The van der Waals surface area contributed by atoms with E-state index in [1.807, 2.05) is 19.1 Å². The SMILES string of the molecule is CC#CC(CC)OC(=O)Cc1ccc(Cl)cc1. The van der Waals surface area contributed by atoms with Gasteiger partial charge in [-0.05, 0) is 31.0 Å². The lowest BCUT2D eigenvalue weighted by molar-refractivity contribution is -0.145. The highest BCUT2D eigenvalue weighted by atomic mass is 35.5. The van der Waals surface area contributed by atoms with Crippen LogP contribution >= 0.6 is 11.6 Å². The highest BCUT2D eigenvalue weighted by Gasteiger charge is 2.10. The number of hydrogen-bond acceptors (Lipinski definition) is 2. The standard InChI is InChI=1S/C14H15ClO2/c1-3-5-13(4-2)17-14(16)10-11-6-8-12(15)9-7-11/h6-9,13H,4,10H2,1-2H3. The van der Waals surface area contributed by atoms with Crippen molar-refractivity contribution in [3.05, 3.63) is 34.9 Å². The molecule has 0 bridgehead atoms. The second-order valence-electron chi connectivity index (χ2n) is 3.58. The van der Waals surface area contributed by atoms with E-state index >= 15 is 0 Å². The van der Waals surface area contributed by atoms with Gasteiger partial charge >= 0.3 is 5.97 Å². The molecule has 1 rings (SSSR count). The third kappa shape index (κ3) is 4.93. The highest BCUT2D eigenvalue weighted by Crippen LogP contribution is 2.11. The first-order valence-electron chi connectivity index (χ1n) is 5.52. The number of ether oxygens (including phenoxy) is 1. The van der Waals surface area contributed by atoms with Crippen LogP contribution in [0.25, 0.3) is 0 Å². The molecule has 2 nitrogen and oxygen atoms in total. The van der Waals surface area contributed by atoms with E-state index in [0.717, 1.165) is 5.56 Å². The zero-order valence-electron chi connectivity index (χ0n) is 10.00. The quantitative estimate of drug-likeness (QED) is 0.606. The summed E-state index contributed by atoms with van der Waals surface area (Å²) in [4.78, 5) is 11.6. The van der Waals surface area contributed by atoms with Gasteiger partial charge in [-0.15, -0.1) is 5.92 Å². The van der Waals surface area contributed by atoms with Crippen LogP contribution in [-0.2, 0) is 16.0 Å². The van der Waals surface area contributed by atoms with Gasteiger partial charge in [0.05, 0.1) is 6.42 Å². The largest absolute Gasteiger partial charge is 0.449 e. The third-order valence-corrected chi connectivity index (χ3v) is 2.46. The predicted molar refractivity (Wildman–Crippen MR) is 68.8 cm³/mol. The molecule has 0 spiro atoms. The molecule has 3 heteroatoms. The summed E-state index contributed by atoms with van der Waals surface area (Å²) in [6.07, 6.45) is 0.645. The Labute approximate surface area is 107 Å². The maximum atomic E-state index is 11.6. The van der Waals surface area contributed by atoms with E-state index in [9.17, 15) is 4.79 Å². The van der Waals surface area contributed by atoms with Crippen molar-refractivity contribution in [2.75, 3.05) is 0 Å². The topological polar surface area (TPSA) is 26.3 Å². The van der Waals surface area contributed by atoms with Crippen LogP contribution in [0.1, 0.15) is 25.8 Å². The lowest BCUT2D eigenvalue weighted by Gasteiger charge is -2.10. The Balaban J connectivity index is 2.53. The Morgan fingerprint density at radius 3 is 2.59 bits per heavy atom. The normalized spacial score (nSPS) is 11.2. The van der Waals surface area contributed by atoms with Gasteiger partial charge in [-0.3, -0.25) is 4.79 Å². The Morgan fingerprint density at radius 2 is 2.06 bits per heavy atom. The summed E-state index contributed by atoms with van der Waals surface area (Å²) in [5.41, 5.74) is 0.888. The molecule has 1 unspecified atom stereocenters. The van der Waals surface area contributed by atoms with Gasteiger partial charge in [0.1, 0.15) is 0 Å². The van der Waals surface area contributed by atoms with Gasteiger partial charge in [0, 0.05) is 5.02 Å². The third-order valence-electron chi connectivity index (χ3n) is 2.21. The van der Waals surface area contributed by atoms with Crippen LogP contribution in [0.3, 0.4) is 0 Å². The molecule has 1 aromatic carbocycles. The molecule has 0 N–H and O–H groups in total. The van der Waals surface area contributed by atoms with Gasteiger partial charge in [0.15, 0.2) is 6.10 Å². The highest BCUT2D eigenvalue weighted by molar-refractivity contribution is 6.30. The van der Waals surface area contributed by atoms with Crippen LogP contribution in [0.4, 0.5) is 0 Å². The van der Waals surface area contributed by atoms with Gasteiger partial charge in [-0.25, -0.2) is 0 Å². The van der Waals surface area contributed by atoms with Crippen molar-refractivity contribution in [1.82, 2.24) is 0 Å². The molecule has 1 aromatic rings. The molecule has 0 radical (unpaired) electrons. The lowest BCUT2D eigenvalue weighted by Crippen LogP contribution is -2.17. The molecule has 0 aliphatic carbocycles. The van der Waals surface area contributed by atoms with Crippen molar-refractivity contribution < 1.29 is 9.53 Å². The molecule has 0 fully saturated rings. The zero-order chi connectivity index (χ0) is 12.7. The van der Waals surface area contributed by atoms with Crippen LogP contribution in [0.2, 0.25) is 5.02 Å². The van der Waals surface area contributed by atoms with Gasteiger partial charge < -0.3 is 4.74 Å². The van der Waals surface area contributed by atoms with E-state index in [2.05, 4.69) is 11.8 Å². The number of halogens is 1. The molecule has 0 aliphatic rings. The average Bonchev–Trinajstić information content (AvgIpc) is 2.31. The van der Waals surface area contributed by atoms with Gasteiger partial charge in [0.25, 0.3) is 0 Å². The summed E-state index contributed by atoms with van der Waals surface area (Å²) in [5.74, 6) is 5.33.